The van der Waals surface area contributed by atoms with Crippen LogP contribution in [0, 0.1) is 0 Å². The molecule has 0 spiro atoms. The van der Waals surface area contributed by atoms with Gasteiger partial charge in [-0.15, -0.1) is 10.2 Å². The monoisotopic (exact) mass is 221 g/mol. The molecule has 0 aliphatic rings. The summed E-state index contributed by atoms with van der Waals surface area (Å²) >= 11 is 0. The quantitative estimate of drug-likeness (QED) is 0.671. The maximum atomic E-state index is 3.89. The van der Waals surface area contributed by atoms with Gasteiger partial charge in [0, 0.05) is 26.3 Å². The van der Waals surface area contributed by atoms with Crippen LogP contribution in [0.4, 0.5) is 0 Å². The first-order chi connectivity index (χ1) is 7.86. The lowest BCUT2D eigenvalue weighted by Crippen LogP contribution is -2.18. The highest BCUT2D eigenvalue weighted by atomic mass is 15.4. The Kier molecular flexibility index (Phi) is 3.60. The van der Waals surface area contributed by atoms with Gasteiger partial charge in [-0.3, -0.25) is 9.36 Å². The van der Waals surface area contributed by atoms with Gasteiger partial charge in [-0.05, 0) is 13.0 Å². The van der Waals surface area contributed by atoms with E-state index in [0.717, 1.165) is 31.7 Å². The SMILES string of the molecule is Cn1nncc1CNCCCn1ccnn1. The van der Waals surface area contributed by atoms with E-state index in [-0.39, 0.29) is 0 Å². The Morgan fingerprint density at radius 1 is 1.31 bits per heavy atom. The molecule has 1 N–H and O–H groups in total. The minimum atomic E-state index is 0.793. The van der Waals surface area contributed by atoms with E-state index < -0.39 is 0 Å². The summed E-state index contributed by atoms with van der Waals surface area (Å²) in [6.07, 6.45) is 6.35. The summed E-state index contributed by atoms with van der Waals surface area (Å²) in [6.45, 7) is 2.61. The minimum Gasteiger partial charge on any atom is -0.311 e. The van der Waals surface area contributed by atoms with Crippen LogP contribution in [-0.2, 0) is 20.1 Å². The smallest absolute Gasteiger partial charge is 0.0738 e. The van der Waals surface area contributed by atoms with E-state index >= 15 is 0 Å². The maximum Gasteiger partial charge on any atom is 0.0738 e. The molecule has 0 aromatic carbocycles. The summed E-state index contributed by atoms with van der Waals surface area (Å²) in [5.41, 5.74) is 1.08. The predicted molar refractivity (Wildman–Crippen MR) is 57.3 cm³/mol. The summed E-state index contributed by atoms with van der Waals surface area (Å²) in [5.74, 6) is 0. The van der Waals surface area contributed by atoms with E-state index in [1.165, 1.54) is 0 Å². The molecular weight excluding hydrogens is 206 g/mol. The van der Waals surface area contributed by atoms with Crippen molar-refractivity contribution >= 4 is 0 Å². The molecule has 2 heterocycles. The molecule has 0 saturated carbocycles. The van der Waals surface area contributed by atoms with Crippen LogP contribution in [0.2, 0.25) is 0 Å². The fourth-order valence-corrected chi connectivity index (χ4v) is 1.41. The Morgan fingerprint density at radius 3 is 2.94 bits per heavy atom. The average molecular weight is 221 g/mol. The second-order valence-corrected chi connectivity index (χ2v) is 3.55. The second kappa shape index (κ2) is 5.36. The lowest BCUT2D eigenvalue weighted by Gasteiger charge is -2.04. The molecule has 0 saturated heterocycles. The van der Waals surface area contributed by atoms with Gasteiger partial charge in [0.1, 0.15) is 0 Å². The molecule has 0 atom stereocenters. The summed E-state index contributed by atoms with van der Waals surface area (Å²) in [5, 5.41) is 18.6. The van der Waals surface area contributed by atoms with Gasteiger partial charge in [0.05, 0.1) is 18.1 Å². The van der Waals surface area contributed by atoms with Gasteiger partial charge in [0.25, 0.3) is 0 Å². The highest BCUT2D eigenvalue weighted by molar-refractivity contribution is 4.91. The van der Waals surface area contributed by atoms with Crippen LogP contribution >= 0.6 is 0 Å². The first-order valence-corrected chi connectivity index (χ1v) is 5.24. The third kappa shape index (κ3) is 2.86. The Balaban J connectivity index is 1.61. The van der Waals surface area contributed by atoms with Crippen LogP contribution in [-0.4, -0.2) is 36.5 Å². The van der Waals surface area contributed by atoms with Crippen molar-refractivity contribution in [3.8, 4) is 0 Å². The molecule has 0 bridgehead atoms. The fraction of sp³-hybridized carbons (Fsp3) is 0.556. The molecule has 7 heteroatoms. The molecule has 86 valence electrons. The van der Waals surface area contributed by atoms with Crippen molar-refractivity contribution in [1.82, 2.24) is 35.3 Å². The third-order valence-electron chi connectivity index (χ3n) is 2.33. The molecular formula is C9H15N7. The van der Waals surface area contributed by atoms with Crippen molar-refractivity contribution in [1.29, 1.82) is 0 Å². The number of nitrogens with zero attached hydrogens (tertiary/aromatic N) is 6. The summed E-state index contributed by atoms with van der Waals surface area (Å²) in [6, 6.07) is 0. The first kappa shape index (κ1) is 10.7. The van der Waals surface area contributed by atoms with Gasteiger partial charge in [0.2, 0.25) is 0 Å². The van der Waals surface area contributed by atoms with E-state index in [1.807, 2.05) is 17.9 Å². The Hall–Kier alpha value is -1.76. The number of aryl methyl sites for hydroxylation is 2. The Morgan fingerprint density at radius 2 is 2.25 bits per heavy atom. The van der Waals surface area contributed by atoms with Crippen LogP contribution < -0.4 is 5.32 Å². The van der Waals surface area contributed by atoms with Gasteiger partial charge in [-0.25, -0.2) is 0 Å². The van der Waals surface area contributed by atoms with Crippen molar-refractivity contribution in [2.75, 3.05) is 6.54 Å². The summed E-state index contributed by atoms with van der Waals surface area (Å²) in [7, 11) is 1.89. The molecule has 2 aromatic heterocycles. The maximum absolute atomic E-state index is 3.89. The molecule has 0 radical (unpaired) electrons. The van der Waals surface area contributed by atoms with Crippen molar-refractivity contribution in [3.63, 3.8) is 0 Å². The molecule has 0 amide bonds. The highest BCUT2D eigenvalue weighted by Crippen LogP contribution is 1.92. The number of nitrogens with one attached hydrogen (secondary N) is 1. The number of hydrogen-bond acceptors (Lipinski definition) is 5. The molecule has 0 fully saturated rings. The predicted octanol–water partition coefficient (Wildman–Crippen LogP) is -0.414. The molecule has 0 aliphatic carbocycles. The Bertz CT molecular complexity index is 405. The number of aromatic nitrogens is 6. The van der Waals surface area contributed by atoms with Crippen LogP contribution in [0.15, 0.2) is 18.6 Å². The van der Waals surface area contributed by atoms with Crippen LogP contribution in [0.3, 0.4) is 0 Å². The minimum absolute atomic E-state index is 0.793. The fourth-order valence-electron chi connectivity index (χ4n) is 1.41. The standard InChI is InChI=1S/C9H15N7/c1-15-9(8-12-13-15)7-10-3-2-5-16-6-4-11-14-16/h4,6,8,10H,2-3,5,7H2,1H3. The van der Waals surface area contributed by atoms with Gasteiger partial charge >= 0.3 is 0 Å². The zero-order chi connectivity index (χ0) is 11.2. The van der Waals surface area contributed by atoms with E-state index in [9.17, 15) is 0 Å². The second-order valence-electron chi connectivity index (χ2n) is 3.55. The van der Waals surface area contributed by atoms with E-state index in [0.29, 0.717) is 0 Å². The lowest BCUT2D eigenvalue weighted by molar-refractivity contribution is 0.523. The van der Waals surface area contributed by atoms with Crippen molar-refractivity contribution < 1.29 is 0 Å². The number of rotatable bonds is 6. The van der Waals surface area contributed by atoms with Crippen molar-refractivity contribution in [3.05, 3.63) is 24.3 Å². The van der Waals surface area contributed by atoms with Crippen LogP contribution in [0.5, 0.6) is 0 Å². The number of hydrogen-bond donors (Lipinski definition) is 1. The van der Waals surface area contributed by atoms with E-state index in [2.05, 4.69) is 25.9 Å². The van der Waals surface area contributed by atoms with Crippen molar-refractivity contribution in [2.24, 2.45) is 7.05 Å². The van der Waals surface area contributed by atoms with Crippen LogP contribution in [0.1, 0.15) is 12.1 Å². The third-order valence-corrected chi connectivity index (χ3v) is 2.33. The van der Waals surface area contributed by atoms with Gasteiger partial charge < -0.3 is 5.32 Å². The van der Waals surface area contributed by atoms with Gasteiger partial charge in [-0.2, -0.15) is 0 Å². The summed E-state index contributed by atoms with van der Waals surface area (Å²) in [4.78, 5) is 0. The molecule has 2 rings (SSSR count). The van der Waals surface area contributed by atoms with E-state index in [1.54, 1.807) is 17.1 Å². The van der Waals surface area contributed by atoms with E-state index in [4.69, 9.17) is 0 Å². The van der Waals surface area contributed by atoms with Crippen LogP contribution in [0.25, 0.3) is 0 Å². The molecule has 0 aliphatic heterocycles. The average Bonchev–Trinajstić information content (AvgIpc) is 2.90. The molecule has 0 unspecified atom stereocenters. The largest absolute Gasteiger partial charge is 0.311 e. The summed E-state index contributed by atoms with van der Waals surface area (Å²) < 4.78 is 3.59. The zero-order valence-corrected chi connectivity index (χ0v) is 9.24. The molecule has 2 aromatic rings. The highest BCUT2D eigenvalue weighted by Gasteiger charge is 1.98. The van der Waals surface area contributed by atoms with Gasteiger partial charge in [-0.1, -0.05) is 10.4 Å². The topological polar surface area (TPSA) is 73.5 Å². The molecule has 7 nitrogen and oxygen atoms in total. The zero-order valence-electron chi connectivity index (χ0n) is 9.24. The van der Waals surface area contributed by atoms with Gasteiger partial charge in [0.15, 0.2) is 0 Å². The Labute approximate surface area is 93.5 Å². The lowest BCUT2D eigenvalue weighted by atomic mass is 10.4. The molecule has 16 heavy (non-hydrogen) atoms. The normalized spacial score (nSPS) is 10.8. The first-order valence-electron chi connectivity index (χ1n) is 5.24. The van der Waals surface area contributed by atoms with Crippen molar-refractivity contribution in [2.45, 2.75) is 19.5 Å².